The average Bonchev–Trinajstić information content (AvgIpc) is 3.25. The standard InChI is InChI=1S/C15H16N2O/c18-17(13-6-2-1-3-7-13)16-15-9-5-4-8-14(15)12-10-11-12/h1-9,12,16-17H,10-11H2. The fraction of sp³-hybridized carbons (Fsp3) is 0.200. The van der Waals surface area contributed by atoms with Crippen molar-refractivity contribution in [2.24, 2.45) is 0 Å². The Balaban J connectivity index is 1.80. The highest BCUT2D eigenvalue weighted by Gasteiger charge is 2.26. The van der Waals surface area contributed by atoms with Gasteiger partial charge in [0, 0.05) is 12.1 Å². The van der Waals surface area contributed by atoms with E-state index < -0.39 is 0 Å². The molecule has 0 heterocycles. The second kappa shape index (κ2) is 4.80. The maximum atomic E-state index is 12.1. The molecule has 2 aromatic carbocycles. The minimum atomic E-state index is -0.0382. The normalized spacial score (nSPS) is 16.3. The van der Waals surface area contributed by atoms with Crippen molar-refractivity contribution in [3.8, 4) is 0 Å². The summed E-state index contributed by atoms with van der Waals surface area (Å²) in [5.74, 6) is 0.636. The molecule has 1 atom stereocenters. The van der Waals surface area contributed by atoms with Gasteiger partial charge in [-0.3, -0.25) is 0 Å². The summed E-state index contributed by atoms with van der Waals surface area (Å²) < 4.78 is 0. The highest BCUT2D eigenvalue weighted by atomic mass is 16.5. The van der Waals surface area contributed by atoms with Crippen LogP contribution in [-0.4, -0.2) is 0 Å². The summed E-state index contributed by atoms with van der Waals surface area (Å²) >= 11 is 0. The van der Waals surface area contributed by atoms with Gasteiger partial charge >= 0.3 is 0 Å². The molecular formula is C15H16N2O. The molecular weight excluding hydrogens is 224 g/mol. The van der Waals surface area contributed by atoms with Crippen LogP contribution in [0.5, 0.6) is 0 Å². The second-order valence-corrected chi connectivity index (χ2v) is 4.68. The lowest BCUT2D eigenvalue weighted by atomic mass is 10.1. The Kier molecular flexibility index (Phi) is 3.00. The molecule has 2 N–H and O–H groups in total. The van der Waals surface area contributed by atoms with Gasteiger partial charge in [0.05, 0.1) is 5.69 Å². The summed E-state index contributed by atoms with van der Waals surface area (Å²) in [6, 6.07) is 17.4. The molecule has 1 aliphatic carbocycles. The number of nitrogens with one attached hydrogen (secondary N) is 2. The van der Waals surface area contributed by atoms with Crippen LogP contribution >= 0.6 is 0 Å². The van der Waals surface area contributed by atoms with Gasteiger partial charge in [0.25, 0.3) is 0 Å². The predicted molar refractivity (Wildman–Crippen MR) is 72.5 cm³/mol. The molecule has 0 bridgehead atoms. The van der Waals surface area contributed by atoms with Crippen LogP contribution in [0.1, 0.15) is 24.3 Å². The Hall–Kier alpha value is -1.84. The molecule has 0 aromatic heterocycles. The van der Waals surface area contributed by atoms with Crippen LogP contribution < -0.4 is 10.6 Å². The third-order valence-corrected chi connectivity index (χ3v) is 3.26. The van der Waals surface area contributed by atoms with Crippen molar-refractivity contribution in [2.45, 2.75) is 18.8 Å². The van der Waals surface area contributed by atoms with E-state index in [1.165, 1.54) is 18.4 Å². The Morgan fingerprint density at radius 3 is 2.33 bits per heavy atom. The summed E-state index contributed by atoms with van der Waals surface area (Å²) in [5, 5.41) is 12.1. The van der Waals surface area contributed by atoms with E-state index in [2.05, 4.69) is 11.5 Å². The fourth-order valence-corrected chi connectivity index (χ4v) is 2.15. The van der Waals surface area contributed by atoms with Gasteiger partial charge in [-0.15, -0.1) is 0 Å². The molecule has 0 radical (unpaired) electrons. The number of para-hydroxylation sites is 2. The quantitative estimate of drug-likeness (QED) is 0.806. The molecule has 18 heavy (non-hydrogen) atoms. The number of hydrogen-bond acceptors (Lipinski definition) is 2. The number of quaternary nitrogens is 1. The molecule has 2 aromatic rings. The molecule has 3 rings (SSSR count). The maximum absolute atomic E-state index is 12.1. The van der Waals surface area contributed by atoms with Crippen molar-refractivity contribution >= 4 is 11.4 Å². The molecule has 1 fully saturated rings. The van der Waals surface area contributed by atoms with Crippen molar-refractivity contribution in [1.82, 2.24) is 0 Å². The molecule has 1 aliphatic rings. The lowest BCUT2D eigenvalue weighted by molar-refractivity contribution is -0.749. The van der Waals surface area contributed by atoms with Crippen LogP contribution in [0.25, 0.3) is 0 Å². The average molecular weight is 240 g/mol. The van der Waals surface area contributed by atoms with Crippen molar-refractivity contribution < 1.29 is 5.17 Å². The molecule has 0 amide bonds. The topological polar surface area (TPSA) is 39.5 Å². The first-order valence-electron chi connectivity index (χ1n) is 6.30. The van der Waals surface area contributed by atoms with E-state index in [9.17, 15) is 5.21 Å². The SMILES string of the molecule is [O-][NH+](Nc1ccccc1C1CC1)c1ccccc1. The van der Waals surface area contributed by atoms with E-state index in [1.54, 1.807) is 0 Å². The Labute approximate surface area is 107 Å². The summed E-state index contributed by atoms with van der Waals surface area (Å²) in [6.45, 7) is 0. The lowest BCUT2D eigenvalue weighted by Crippen LogP contribution is -3.05. The molecule has 3 heteroatoms. The fourth-order valence-electron chi connectivity index (χ4n) is 2.15. The Morgan fingerprint density at radius 2 is 1.61 bits per heavy atom. The van der Waals surface area contributed by atoms with E-state index in [1.807, 2.05) is 48.5 Å². The van der Waals surface area contributed by atoms with E-state index in [0.717, 1.165) is 5.69 Å². The first-order chi connectivity index (χ1) is 8.84. The van der Waals surface area contributed by atoms with Gasteiger partial charge in [-0.25, -0.2) is 10.6 Å². The van der Waals surface area contributed by atoms with Crippen LogP contribution in [0.15, 0.2) is 54.6 Å². The number of benzene rings is 2. The van der Waals surface area contributed by atoms with Crippen LogP contribution in [0.2, 0.25) is 0 Å². The number of anilines is 1. The highest BCUT2D eigenvalue weighted by molar-refractivity contribution is 5.52. The smallest absolute Gasteiger partial charge is 0.155 e. The molecule has 0 saturated heterocycles. The van der Waals surface area contributed by atoms with Crippen molar-refractivity contribution in [2.75, 3.05) is 5.43 Å². The van der Waals surface area contributed by atoms with Gasteiger partial charge in [0.15, 0.2) is 5.69 Å². The molecule has 0 aliphatic heterocycles. The van der Waals surface area contributed by atoms with Crippen molar-refractivity contribution in [1.29, 1.82) is 0 Å². The van der Waals surface area contributed by atoms with Gasteiger partial charge in [0.2, 0.25) is 0 Å². The predicted octanol–water partition coefficient (Wildman–Crippen LogP) is 2.61. The van der Waals surface area contributed by atoms with Gasteiger partial charge in [0.1, 0.15) is 0 Å². The largest absolute Gasteiger partial charge is 0.603 e. The zero-order valence-corrected chi connectivity index (χ0v) is 10.1. The van der Waals surface area contributed by atoms with Crippen LogP contribution in [0, 0.1) is 5.21 Å². The monoisotopic (exact) mass is 240 g/mol. The van der Waals surface area contributed by atoms with Crippen LogP contribution in [0.4, 0.5) is 11.4 Å². The molecule has 1 saturated carbocycles. The van der Waals surface area contributed by atoms with Crippen LogP contribution in [0.3, 0.4) is 0 Å². The number of rotatable bonds is 4. The minimum absolute atomic E-state index is 0.0382. The zero-order chi connectivity index (χ0) is 12.4. The van der Waals surface area contributed by atoms with E-state index in [4.69, 9.17) is 0 Å². The van der Waals surface area contributed by atoms with Gasteiger partial charge in [-0.1, -0.05) is 36.4 Å². The minimum Gasteiger partial charge on any atom is -0.603 e. The Bertz CT molecular complexity index is 523. The van der Waals surface area contributed by atoms with Gasteiger partial charge in [-0.05, 0) is 30.4 Å². The van der Waals surface area contributed by atoms with E-state index >= 15 is 0 Å². The van der Waals surface area contributed by atoms with Crippen molar-refractivity contribution in [3.05, 3.63) is 65.4 Å². The van der Waals surface area contributed by atoms with E-state index in [-0.39, 0.29) is 5.17 Å². The molecule has 1 unspecified atom stereocenters. The maximum Gasteiger partial charge on any atom is 0.155 e. The second-order valence-electron chi connectivity index (χ2n) is 4.68. The molecule has 92 valence electrons. The molecule has 0 spiro atoms. The van der Waals surface area contributed by atoms with Gasteiger partial charge < -0.3 is 5.21 Å². The zero-order valence-electron chi connectivity index (χ0n) is 10.1. The van der Waals surface area contributed by atoms with Gasteiger partial charge in [-0.2, -0.15) is 0 Å². The van der Waals surface area contributed by atoms with Crippen LogP contribution in [-0.2, 0) is 0 Å². The van der Waals surface area contributed by atoms with E-state index in [0.29, 0.717) is 11.6 Å². The Morgan fingerprint density at radius 1 is 0.944 bits per heavy atom. The summed E-state index contributed by atoms with van der Waals surface area (Å²) in [6.07, 6.45) is 2.47. The highest BCUT2D eigenvalue weighted by Crippen LogP contribution is 2.42. The third-order valence-electron chi connectivity index (χ3n) is 3.26. The first-order valence-corrected chi connectivity index (χ1v) is 6.30. The first kappa shape index (κ1) is 11.3. The number of hydrogen-bond donors (Lipinski definition) is 2. The lowest BCUT2D eigenvalue weighted by Gasteiger charge is -2.23. The van der Waals surface area contributed by atoms with Crippen molar-refractivity contribution in [3.63, 3.8) is 0 Å². The summed E-state index contributed by atoms with van der Waals surface area (Å²) in [4.78, 5) is 0. The third kappa shape index (κ3) is 2.37. The summed E-state index contributed by atoms with van der Waals surface area (Å²) in [7, 11) is 0. The summed E-state index contributed by atoms with van der Waals surface area (Å²) in [5.41, 5.74) is 5.92. The molecule has 3 nitrogen and oxygen atoms in total.